The van der Waals surface area contributed by atoms with Crippen molar-refractivity contribution in [3.05, 3.63) is 47.1 Å². The lowest BCUT2D eigenvalue weighted by atomic mass is 10.2. The van der Waals surface area contributed by atoms with Crippen LogP contribution in [0.25, 0.3) is 0 Å². The number of halogens is 1. The Hall–Kier alpha value is -1.72. The minimum Gasteiger partial charge on any atom is -0.399 e. The molecular weight excluding hydrogens is 294 g/mol. The molecular formula is C14H14ClN3OS. The molecule has 2 rings (SSSR count). The van der Waals surface area contributed by atoms with Crippen molar-refractivity contribution in [3.63, 3.8) is 0 Å². The number of carbonyl (C=O) groups is 1. The highest BCUT2D eigenvalue weighted by atomic mass is 35.5. The van der Waals surface area contributed by atoms with E-state index >= 15 is 0 Å². The smallest absolute Gasteiger partial charge is 0.234 e. The average Bonchev–Trinajstić information content (AvgIpc) is 2.41. The molecule has 0 bridgehead atoms. The number of nitrogen functional groups attached to an aromatic ring is 1. The lowest BCUT2D eigenvalue weighted by Crippen LogP contribution is -2.15. The Bertz CT molecular complexity index is 616. The molecule has 3 N–H and O–H groups in total. The van der Waals surface area contributed by atoms with Crippen LogP contribution < -0.4 is 11.1 Å². The van der Waals surface area contributed by atoms with Gasteiger partial charge in [-0.05, 0) is 42.8 Å². The Labute approximate surface area is 126 Å². The van der Waals surface area contributed by atoms with Gasteiger partial charge < -0.3 is 11.1 Å². The molecule has 0 saturated carbocycles. The SMILES string of the molecule is Cc1cc(N)ccc1NC(=O)CSc1ccc(Cl)cn1. The fraction of sp³-hybridized carbons (Fsp3) is 0.143. The molecule has 0 unspecified atom stereocenters. The maximum Gasteiger partial charge on any atom is 0.234 e. The number of carbonyl (C=O) groups excluding carboxylic acids is 1. The van der Waals surface area contributed by atoms with Gasteiger partial charge in [0.1, 0.15) is 0 Å². The highest BCUT2D eigenvalue weighted by Gasteiger charge is 2.06. The molecule has 1 amide bonds. The van der Waals surface area contributed by atoms with Crippen molar-refractivity contribution in [1.29, 1.82) is 0 Å². The topological polar surface area (TPSA) is 68.0 Å². The molecule has 104 valence electrons. The number of anilines is 2. The number of hydrogen-bond acceptors (Lipinski definition) is 4. The summed E-state index contributed by atoms with van der Waals surface area (Å²) < 4.78 is 0. The lowest BCUT2D eigenvalue weighted by Gasteiger charge is -2.08. The first kappa shape index (κ1) is 14.7. The number of nitrogens with zero attached hydrogens (tertiary/aromatic N) is 1. The average molecular weight is 308 g/mol. The molecule has 2 aromatic rings. The summed E-state index contributed by atoms with van der Waals surface area (Å²) in [6, 6.07) is 8.92. The van der Waals surface area contributed by atoms with E-state index in [4.69, 9.17) is 17.3 Å². The molecule has 4 nitrogen and oxygen atoms in total. The summed E-state index contributed by atoms with van der Waals surface area (Å²) in [7, 11) is 0. The number of amides is 1. The number of aromatic nitrogens is 1. The summed E-state index contributed by atoms with van der Waals surface area (Å²) in [5, 5.41) is 4.19. The van der Waals surface area contributed by atoms with Gasteiger partial charge in [-0.1, -0.05) is 23.4 Å². The van der Waals surface area contributed by atoms with Crippen LogP contribution in [-0.2, 0) is 4.79 Å². The van der Waals surface area contributed by atoms with E-state index in [9.17, 15) is 4.79 Å². The predicted molar refractivity (Wildman–Crippen MR) is 84.2 cm³/mol. The van der Waals surface area contributed by atoms with E-state index in [0.717, 1.165) is 16.3 Å². The number of hydrogen-bond donors (Lipinski definition) is 2. The van der Waals surface area contributed by atoms with Crippen LogP contribution in [0.4, 0.5) is 11.4 Å². The van der Waals surface area contributed by atoms with Crippen molar-refractivity contribution in [1.82, 2.24) is 4.98 Å². The maximum atomic E-state index is 11.9. The number of nitrogens with one attached hydrogen (secondary N) is 1. The van der Waals surface area contributed by atoms with Gasteiger partial charge in [-0.25, -0.2) is 4.98 Å². The molecule has 0 fully saturated rings. The lowest BCUT2D eigenvalue weighted by molar-refractivity contribution is -0.113. The van der Waals surface area contributed by atoms with Gasteiger partial charge in [-0.2, -0.15) is 0 Å². The zero-order chi connectivity index (χ0) is 14.5. The van der Waals surface area contributed by atoms with Gasteiger partial charge in [0, 0.05) is 17.6 Å². The van der Waals surface area contributed by atoms with Crippen molar-refractivity contribution >= 4 is 40.6 Å². The molecule has 0 aliphatic carbocycles. The monoisotopic (exact) mass is 307 g/mol. The van der Waals surface area contributed by atoms with Crippen LogP contribution in [0.3, 0.4) is 0 Å². The normalized spacial score (nSPS) is 10.3. The van der Waals surface area contributed by atoms with E-state index < -0.39 is 0 Å². The summed E-state index contributed by atoms with van der Waals surface area (Å²) in [6.07, 6.45) is 1.56. The van der Waals surface area contributed by atoms with Gasteiger partial charge >= 0.3 is 0 Å². The minimum absolute atomic E-state index is 0.0837. The van der Waals surface area contributed by atoms with Crippen LogP contribution in [-0.4, -0.2) is 16.6 Å². The standard InChI is InChI=1S/C14H14ClN3OS/c1-9-6-11(16)3-4-12(9)18-13(19)8-20-14-5-2-10(15)7-17-14/h2-7H,8,16H2,1H3,(H,18,19). The molecule has 1 heterocycles. The van der Waals surface area contributed by atoms with E-state index in [1.807, 2.05) is 13.0 Å². The van der Waals surface area contributed by atoms with Crippen molar-refractivity contribution in [3.8, 4) is 0 Å². The molecule has 0 aliphatic heterocycles. The van der Waals surface area contributed by atoms with Gasteiger partial charge in [0.05, 0.1) is 15.8 Å². The molecule has 20 heavy (non-hydrogen) atoms. The summed E-state index contributed by atoms with van der Waals surface area (Å²) in [4.78, 5) is 16.0. The number of thioether (sulfide) groups is 1. The van der Waals surface area contributed by atoms with Crippen molar-refractivity contribution < 1.29 is 4.79 Å². The first-order valence-electron chi connectivity index (χ1n) is 5.95. The third-order valence-corrected chi connectivity index (χ3v) is 3.74. The Morgan fingerprint density at radius 3 is 2.85 bits per heavy atom. The largest absolute Gasteiger partial charge is 0.399 e. The Morgan fingerprint density at radius 2 is 2.20 bits per heavy atom. The van der Waals surface area contributed by atoms with E-state index in [2.05, 4.69) is 10.3 Å². The summed E-state index contributed by atoms with van der Waals surface area (Å²) in [5.74, 6) is 0.206. The Balaban J connectivity index is 1.90. The van der Waals surface area contributed by atoms with Gasteiger partial charge in [0.2, 0.25) is 5.91 Å². The second-order valence-corrected chi connectivity index (χ2v) is 5.66. The number of benzene rings is 1. The summed E-state index contributed by atoms with van der Waals surface area (Å²) in [5.41, 5.74) is 8.06. The zero-order valence-electron chi connectivity index (χ0n) is 10.9. The van der Waals surface area contributed by atoms with Crippen molar-refractivity contribution in [2.75, 3.05) is 16.8 Å². The van der Waals surface area contributed by atoms with E-state index in [1.165, 1.54) is 11.8 Å². The van der Waals surface area contributed by atoms with Crippen LogP contribution in [0.1, 0.15) is 5.56 Å². The molecule has 0 aliphatic rings. The molecule has 1 aromatic carbocycles. The summed E-state index contributed by atoms with van der Waals surface area (Å²) >= 11 is 7.11. The number of rotatable bonds is 4. The van der Waals surface area contributed by atoms with Crippen LogP contribution >= 0.6 is 23.4 Å². The second-order valence-electron chi connectivity index (χ2n) is 4.23. The molecule has 0 radical (unpaired) electrons. The number of aryl methyl sites for hydroxylation is 1. The summed E-state index contributed by atoms with van der Waals surface area (Å²) in [6.45, 7) is 1.90. The zero-order valence-corrected chi connectivity index (χ0v) is 12.5. The number of pyridine rings is 1. The molecule has 6 heteroatoms. The second kappa shape index (κ2) is 6.63. The third kappa shape index (κ3) is 4.15. The van der Waals surface area contributed by atoms with Crippen LogP contribution in [0.5, 0.6) is 0 Å². The predicted octanol–water partition coefficient (Wildman–Crippen LogP) is 3.36. The van der Waals surface area contributed by atoms with Crippen LogP contribution in [0.15, 0.2) is 41.6 Å². The first-order chi connectivity index (χ1) is 9.54. The van der Waals surface area contributed by atoms with E-state index in [-0.39, 0.29) is 5.91 Å². The van der Waals surface area contributed by atoms with E-state index in [1.54, 1.807) is 30.5 Å². The highest BCUT2D eigenvalue weighted by Crippen LogP contribution is 2.20. The van der Waals surface area contributed by atoms with Crippen LogP contribution in [0, 0.1) is 6.92 Å². The fourth-order valence-corrected chi connectivity index (χ4v) is 2.35. The maximum absolute atomic E-state index is 11.9. The molecule has 0 atom stereocenters. The van der Waals surface area contributed by atoms with Gasteiger partial charge in [-0.15, -0.1) is 0 Å². The third-order valence-electron chi connectivity index (χ3n) is 2.58. The minimum atomic E-state index is -0.0837. The molecule has 0 saturated heterocycles. The quantitative estimate of drug-likeness (QED) is 0.671. The Morgan fingerprint density at radius 1 is 1.40 bits per heavy atom. The van der Waals surface area contributed by atoms with Gasteiger partial charge in [0.15, 0.2) is 0 Å². The molecule has 1 aromatic heterocycles. The first-order valence-corrected chi connectivity index (χ1v) is 7.31. The van der Waals surface area contributed by atoms with Crippen molar-refractivity contribution in [2.24, 2.45) is 0 Å². The van der Waals surface area contributed by atoms with Crippen molar-refractivity contribution in [2.45, 2.75) is 11.9 Å². The fourth-order valence-electron chi connectivity index (χ4n) is 1.60. The van der Waals surface area contributed by atoms with Crippen LogP contribution in [0.2, 0.25) is 5.02 Å². The van der Waals surface area contributed by atoms with Gasteiger partial charge in [0.25, 0.3) is 0 Å². The Kier molecular flexibility index (Phi) is 4.87. The molecule has 0 spiro atoms. The van der Waals surface area contributed by atoms with Gasteiger partial charge in [-0.3, -0.25) is 4.79 Å². The van der Waals surface area contributed by atoms with E-state index in [0.29, 0.717) is 16.5 Å². The highest BCUT2D eigenvalue weighted by molar-refractivity contribution is 7.99. The number of nitrogens with two attached hydrogens (primary N) is 1.